The first kappa shape index (κ1) is 14.8. The Kier molecular flexibility index (Phi) is 11.8. The largest absolute Gasteiger partial charge is 0.382 e. The standard InChI is InChI=1S/C11H25NO3/c1-4-5-11(10-12-2)15-9-8-14-7-6-13-3/h11-12H,4-10H2,1-3H3. The third-order valence-corrected chi connectivity index (χ3v) is 2.06. The van der Waals surface area contributed by atoms with E-state index in [0.717, 1.165) is 19.4 Å². The van der Waals surface area contributed by atoms with Gasteiger partial charge >= 0.3 is 0 Å². The maximum Gasteiger partial charge on any atom is 0.0704 e. The van der Waals surface area contributed by atoms with Crippen molar-refractivity contribution in [2.75, 3.05) is 47.1 Å². The van der Waals surface area contributed by atoms with Crippen LogP contribution in [0, 0.1) is 0 Å². The van der Waals surface area contributed by atoms with Crippen molar-refractivity contribution in [2.45, 2.75) is 25.9 Å². The second kappa shape index (κ2) is 11.9. The van der Waals surface area contributed by atoms with Crippen LogP contribution in [0.1, 0.15) is 19.8 Å². The second-order valence-corrected chi connectivity index (χ2v) is 3.44. The summed E-state index contributed by atoms with van der Waals surface area (Å²) in [6, 6.07) is 0. The zero-order valence-corrected chi connectivity index (χ0v) is 10.3. The van der Waals surface area contributed by atoms with Crippen molar-refractivity contribution in [3.05, 3.63) is 0 Å². The average molecular weight is 219 g/mol. The van der Waals surface area contributed by atoms with E-state index in [0.29, 0.717) is 32.5 Å². The van der Waals surface area contributed by atoms with E-state index in [-0.39, 0.29) is 0 Å². The van der Waals surface area contributed by atoms with Crippen LogP contribution in [0.3, 0.4) is 0 Å². The van der Waals surface area contributed by atoms with Gasteiger partial charge in [0.1, 0.15) is 0 Å². The summed E-state index contributed by atoms with van der Waals surface area (Å²) in [4.78, 5) is 0. The lowest BCUT2D eigenvalue weighted by atomic mass is 10.2. The Bertz CT molecular complexity index is 116. The van der Waals surface area contributed by atoms with Crippen LogP contribution in [0.25, 0.3) is 0 Å². The lowest BCUT2D eigenvalue weighted by Crippen LogP contribution is -2.27. The molecule has 1 atom stereocenters. The highest BCUT2D eigenvalue weighted by Gasteiger charge is 2.05. The predicted molar refractivity (Wildman–Crippen MR) is 61.3 cm³/mol. The maximum absolute atomic E-state index is 5.67. The van der Waals surface area contributed by atoms with Crippen LogP contribution in [-0.4, -0.2) is 53.2 Å². The molecule has 0 aromatic carbocycles. The molecule has 1 N–H and O–H groups in total. The minimum absolute atomic E-state index is 0.311. The Morgan fingerprint density at radius 2 is 1.87 bits per heavy atom. The first-order valence-corrected chi connectivity index (χ1v) is 5.68. The van der Waals surface area contributed by atoms with E-state index in [9.17, 15) is 0 Å². The van der Waals surface area contributed by atoms with E-state index in [1.807, 2.05) is 7.05 Å². The maximum atomic E-state index is 5.67. The van der Waals surface area contributed by atoms with Gasteiger partial charge in [0.05, 0.1) is 32.5 Å². The molecule has 0 rings (SSSR count). The van der Waals surface area contributed by atoms with Gasteiger partial charge in [-0.2, -0.15) is 0 Å². The smallest absolute Gasteiger partial charge is 0.0704 e. The second-order valence-electron chi connectivity index (χ2n) is 3.44. The van der Waals surface area contributed by atoms with Gasteiger partial charge < -0.3 is 19.5 Å². The average Bonchev–Trinajstić information content (AvgIpc) is 2.24. The monoisotopic (exact) mass is 219 g/mol. The Labute approximate surface area is 93.3 Å². The van der Waals surface area contributed by atoms with Crippen molar-refractivity contribution in [1.29, 1.82) is 0 Å². The molecule has 92 valence electrons. The van der Waals surface area contributed by atoms with Crippen LogP contribution in [0.15, 0.2) is 0 Å². The molecule has 0 aliphatic carbocycles. The topological polar surface area (TPSA) is 39.7 Å². The SMILES string of the molecule is CCCC(CNC)OCCOCCOC. The van der Waals surface area contributed by atoms with Crippen LogP contribution in [0.5, 0.6) is 0 Å². The van der Waals surface area contributed by atoms with Crippen molar-refractivity contribution in [1.82, 2.24) is 5.32 Å². The molecule has 0 bridgehead atoms. The first-order valence-electron chi connectivity index (χ1n) is 5.68. The Hall–Kier alpha value is -0.160. The van der Waals surface area contributed by atoms with Crippen molar-refractivity contribution in [2.24, 2.45) is 0 Å². The molecule has 4 heteroatoms. The highest BCUT2D eigenvalue weighted by molar-refractivity contribution is 4.59. The van der Waals surface area contributed by atoms with Crippen LogP contribution in [0.2, 0.25) is 0 Å². The fraction of sp³-hybridized carbons (Fsp3) is 1.00. The van der Waals surface area contributed by atoms with Gasteiger partial charge in [0, 0.05) is 13.7 Å². The molecule has 1 unspecified atom stereocenters. The summed E-state index contributed by atoms with van der Waals surface area (Å²) >= 11 is 0. The van der Waals surface area contributed by atoms with Crippen molar-refractivity contribution in [3.8, 4) is 0 Å². The number of hydrogen-bond acceptors (Lipinski definition) is 4. The molecular weight excluding hydrogens is 194 g/mol. The van der Waals surface area contributed by atoms with E-state index < -0.39 is 0 Å². The van der Waals surface area contributed by atoms with Crippen molar-refractivity contribution < 1.29 is 14.2 Å². The number of ether oxygens (including phenoxy) is 3. The third-order valence-electron chi connectivity index (χ3n) is 2.06. The Morgan fingerprint density at radius 3 is 2.47 bits per heavy atom. The molecule has 0 saturated heterocycles. The minimum atomic E-state index is 0.311. The van der Waals surface area contributed by atoms with Gasteiger partial charge in [-0.05, 0) is 13.5 Å². The van der Waals surface area contributed by atoms with Crippen LogP contribution >= 0.6 is 0 Å². The summed E-state index contributed by atoms with van der Waals surface area (Å²) in [5, 5.41) is 3.13. The molecular formula is C11H25NO3. The van der Waals surface area contributed by atoms with E-state index in [2.05, 4.69) is 12.2 Å². The Balaban J connectivity index is 3.28. The lowest BCUT2D eigenvalue weighted by Gasteiger charge is -2.16. The van der Waals surface area contributed by atoms with Gasteiger partial charge in [0.2, 0.25) is 0 Å². The molecule has 0 fully saturated rings. The molecule has 0 aromatic heterocycles. The van der Waals surface area contributed by atoms with E-state index >= 15 is 0 Å². The fourth-order valence-electron chi connectivity index (χ4n) is 1.31. The molecule has 4 nitrogen and oxygen atoms in total. The lowest BCUT2D eigenvalue weighted by molar-refractivity contribution is -0.00812. The summed E-state index contributed by atoms with van der Waals surface area (Å²) in [7, 11) is 3.62. The van der Waals surface area contributed by atoms with E-state index in [4.69, 9.17) is 14.2 Å². The molecule has 0 radical (unpaired) electrons. The number of hydrogen-bond donors (Lipinski definition) is 1. The molecule has 0 saturated carbocycles. The summed E-state index contributed by atoms with van der Waals surface area (Å²) in [5.41, 5.74) is 0. The number of methoxy groups -OCH3 is 1. The van der Waals surface area contributed by atoms with E-state index in [1.54, 1.807) is 7.11 Å². The summed E-state index contributed by atoms with van der Waals surface area (Å²) in [5.74, 6) is 0. The molecule has 0 aliphatic rings. The van der Waals surface area contributed by atoms with Crippen LogP contribution in [0.4, 0.5) is 0 Å². The van der Waals surface area contributed by atoms with Gasteiger partial charge in [-0.25, -0.2) is 0 Å². The quantitative estimate of drug-likeness (QED) is 0.527. The molecule has 15 heavy (non-hydrogen) atoms. The number of nitrogens with one attached hydrogen (secondary N) is 1. The van der Waals surface area contributed by atoms with Crippen LogP contribution in [-0.2, 0) is 14.2 Å². The van der Waals surface area contributed by atoms with Gasteiger partial charge in [-0.1, -0.05) is 13.3 Å². The van der Waals surface area contributed by atoms with Gasteiger partial charge in [-0.15, -0.1) is 0 Å². The molecule has 0 aromatic rings. The summed E-state index contributed by atoms with van der Waals surface area (Å²) in [6.07, 6.45) is 2.56. The van der Waals surface area contributed by atoms with Gasteiger partial charge in [0.25, 0.3) is 0 Å². The van der Waals surface area contributed by atoms with Crippen molar-refractivity contribution in [3.63, 3.8) is 0 Å². The predicted octanol–water partition coefficient (Wildman–Crippen LogP) is 1.05. The highest BCUT2D eigenvalue weighted by atomic mass is 16.5. The summed E-state index contributed by atoms with van der Waals surface area (Å²) in [6.45, 7) is 5.68. The number of likely N-dealkylation sites (N-methyl/N-ethyl adjacent to an activating group) is 1. The van der Waals surface area contributed by atoms with E-state index in [1.165, 1.54) is 0 Å². The zero-order chi connectivity index (χ0) is 11.4. The molecule has 0 amide bonds. The molecule has 0 aliphatic heterocycles. The number of rotatable bonds is 11. The van der Waals surface area contributed by atoms with Crippen molar-refractivity contribution >= 4 is 0 Å². The third kappa shape index (κ3) is 10.1. The molecule has 0 heterocycles. The zero-order valence-electron chi connectivity index (χ0n) is 10.3. The normalized spacial score (nSPS) is 13.0. The summed E-state index contributed by atoms with van der Waals surface area (Å²) < 4.78 is 15.9. The fourth-order valence-corrected chi connectivity index (χ4v) is 1.31. The van der Waals surface area contributed by atoms with Gasteiger partial charge in [-0.3, -0.25) is 0 Å². The molecule has 0 spiro atoms. The minimum Gasteiger partial charge on any atom is -0.382 e. The van der Waals surface area contributed by atoms with Gasteiger partial charge in [0.15, 0.2) is 0 Å². The van der Waals surface area contributed by atoms with Crippen LogP contribution < -0.4 is 5.32 Å². The highest BCUT2D eigenvalue weighted by Crippen LogP contribution is 2.00. The first-order chi connectivity index (χ1) is 7.35. The Morgan fingerprint density at radius 1 is 1.13 bits per heavy atom.